The number of nitrogens with one attached hydrogen (secondary N) is 1. The highest BCUT2D eigenvalue weighted by atomic mass is 79.9. The summed E-state index contributed by atoms with van der Waals surface area (Å²) in [5.74, 6) is -0.199. The second kappa shape index (κ2) is 14.3. The first kappa shape index (κ1) is 31.2. The van der Waals surface area contributed by atoms with Crippen molar-refractivity contribution in [3.8, 4) is 5.75 Å². The normalized spacial score (nSPS) is 12.1. The average molecular weight is 631 g/mol. The van der Waals surface area contributed by atoms with E-state index in [0.717, 1.165) is 14.3 Å². The molecule has 0 aliphatic carbocycles. The van der Waals surface area contributed by atoms with Crippen molar-refractivity contribution in [3.05, 3.63) is 88.9 Å². The van der Waals surface area contributed by atoms with Crippen LogP contribution in [0.15, 0.2) is 88.2 Å². The fourth-order valence-electron chi connectivity index (χ4n) is 4.22. The second-order valence-corrected chi connectivity index (χ2v) is 12.3. The van der Waals surface area contributed by atoms with Crippen molar-refractivity contribution in [2.75, 3.05) is 17.5 Å². The number of hydrogen-bond donors (Lipinski definition) is 1. The van der Waals surface area contributed by atoms with Crippen LogP contribution >= 0.6 is 15.9 Å². The standard InChI is InChI=1S/C30H36BrN3O5S/c1-5-28(30(36)32-22(3)4)33(20-23-10-8-7-9-11-23)29(35)21-34(25-14-16-26(17-15-25)39-6-2)40(37,38)27-18-12-24(31)13-19-27/h7-19,22,28H,5-6,20-21H2,1-4H3,(H,32,36)/t28-/m0/s1. The van der Waals surface area contributed by atoms with Crippen molar-refractivity contribution in [1.82, 2.24) is 10.2 Å². The highest BCUT2D eigenvalue weighted by molar-refractivity contribution is 9.10. The zero-order chi connectivity index (χ0) is 29.3. The Kier molecular flexibility index (Phi) is 11.2. The van der Waals surface area contributed by atoms with Gasteiger partial charge >= 0.3 is 0 Å². The summed E-state index contributed by atoms with van der Waals surface area (Å²) in [5.41, 5.74) is 1.13. The smallest absolute Gasteiger partial charge is 0.264 e. The molecule has 0 unspecified atom stereocenters. The van der Waals surface area contributed by atoms with Gasteiger partial charge in [-0.2, -0.15) is 0 Å². The maximum atomic E-state index is 14.0. The molecular weight excluding hydrogens is 594 g/mol. The summed E-state index contributed by atoms with van der Waals surface area (Å²) in [5, 5.41) is 2.90. The molecule has 0 fully saturated rings. The number of hydrogen-bond acceptors (Lipinski definition) is 5. The second-order valence-electron chi connectivity index (χ2n) is 9.49. The summed E-state index contributed by atoms with van der Waals surface area (Å²) < 4.78 is 35.2. The van der Waals surface area contributed by atoms with Crippen LogP contribution in [0.3, 0.4) is 0 Å². The van der Waals surface area contributed by atoms with Crippen LogP contribution in [0.5, 0.6) is 5.75 Å². The maximum absolute atomic E-state index is 14.0. The van der Waals surface area contributed by atoms with Crippen molar-refractivity contribution in [1.29, 1.82) is 0 Å². The van der Waals surface area contributed by atoms with Gasteiger partial charge < -0.3 is 15.0 Å². The van der Waals surface area contributed by atoms with Crippen LogP contribution in [-0.2, 0) is 26.2 Å². The van der Waals surface area contributed by atoms with Gasteiger partial charge in [-0.25, -0.2) is 8.42 Å². The summed E-state index contributed by atoms with van der Waals surface area (Å²) in [4.78, 5) is 28.7. The van der Waals surface area contributed by atoms with Gasteiger partial charge in [0.05, 0.1) is 17.2 Å². The number of anilines is 1. The van der Waals surface area contributed by atoms with E-state index in [4.69, 9.17) is 4.74 Å². The summed E-state index contributed by atoms with van der Waals surface area (Å²) >= 11 is 3.34. The third kappa shape index (κ3) is 8.08. The van der Waals surface area contributed by atoms with Gasteiger partial charge in [0.25, 0.3) is 10.0 Å². The lowest BCUT2D eigenvalue weighted by atomic mass is 10.1. The largest absolute Gasteiger partial charge is 0.494 e. The molecule has 0 spiro atoms. The maximum Gasteiger partial charge on any atom is 0.264 e. The minimum atomic E-state index is -4.15. The van der Waals surface area contributed by atoms with Crippen molar-refractivity contribution < 1.29 is 22.7 Å². The van der Waals surface area contributed by atoms with Gasteiger partial charge in [0.2, 0.25) is 11.8 Å². The zero-order valence-corrected chi connectivity index (χ0v) is 25.6. The number of halogens is 1. The van der Waals surface area contributed by atoms with Gasteiger partial charge in [-0.15, -0.1) is 0 Å². The van der Waals surface area contributed by atoms with Gasteiger partial charge in [0, 0.05) is 17.1 Å². The molecule has 214 valence electrons. The summed E-state index contributed by atoms with van der Waals surface area (Å²) in [6.45, 7) is 7.52. The monoisotopic (exact) mass is 629 g/mol. The minimum Gasteiger partial charge on any atom is -0.494 e. The Morgan fingerprint density at radius 1 is 0.925 bits per heavy atom. The van der Waals surface area contributed by atoms with Crippen molar-refractivity contribution in [2.24, 2.45) is 0 Å². The van der Waals surface area contributed by atoms with Crippen LogP contribution in [0.1, 0.15) is 39.7 Å². The average Bonchev–Trinajstić information content (AvgIpc) is 2.92. The van der Waals surface area contributed by atoms with E-state index in [0.29, 0.717) is 24.5 Å². The Morgan fingerprint density at radius 3 is 2.10 bits per heavy atom. The Bertz CT molecular complexity index is 1360. The highest BCUT2D eigenvalue weighted by Gasteiger charge is 2.33. The van der Waals surface area contributed by atoms with Gasteiger partial charge in [-0.3, -0.25) is 13.9 Å². The van der Waals surface area contributed by atoms with Crippen molar-refractivity contribution >= 4 is 43.5 Å². The van der Waals surface area contributed by atoms with Crippen LogP contribution in [0.25, 0.3) is 0 Å². The molecule has 0 aromatic heterocycles. The number of benzene rings is 3. The van der Waals surface area contributed by atoms with Crippen molar-refractivity contribution in [2.45, 2.75) is 57.6 Å². The molecular formula is C30H36BrN3O5S. The fraction of sp³-hybridized carbons (Fsp3) is 0.333. The van der Waals surface area contributed by atoms with Crippen molar-refractivity contribution in [3.63, 3.8) is 0 Å². The molecule has 0 aliphatic heterocycles. The molecule has 3 aromatic carbocycles. The first-order chi connectivity index (χ1) is 19.1. The Hall–Kier alpha value is -3.37. The van der Waals surface area contributed by atoms with E-state index in [1.807, 2.05) is 58.0 Å². The van der Waals surface area contributed by atoms with E-state index in [9.17, 15) is 18.0 Å². The fourth-order valence-corrected chi connectivity index (χ4v) is 5.90. The molecule has 0 saturated carbocycles. The minimum absolute atomic E-state index is 0.0385. The molecule has 3 aromatic rings. The molecule has 0 saturated heterocycles. The number of sulfonamides is 1. The number of carbonyl (C=O) groups excluding carboxylic acids is 2. The topological polar surface area (TPSA) is 96.0 Å². The molecule has 0 bridgehead atoms. The van der Waals surface area contributed by atoms with E-state index in [-0.39, 0.29) is 23.4 Å². The third-order valence-corrected chi connectivity index (χ3v) is 8.45. The number of amides is 2. The lowest BCUT2D eigenvalue weighted by Gasteiger charge is -2.33. The number of rotatable bonds is 13. The molecule has 2 amide bonds. The van der Waals surface area contributed by atoms with E-state index < -0.39 is 28.5 Å². The molecule has 0 heterocycles. The zero-order valence-electron chi connectivity index (χ0n) is 23.2. The van der Waals surface area contributed by atoms with E-state index in [1.165, 1.54) is 17.0 Å². The molecule has 40 heavy (non-hydrogen) atoms. The molecule has 3 rings (SSSR count). The first-order valence-corrected chi connectivity index (χ1v) is 15.4. The Labute approximate surface area is 245 Å². The van der Waals surface area contributed by atoms with E-state index in [1.54, 1.807) is 36.4 Å². The van der Waals surface area contributed by atoms with E-state index >= 15 is 0 Å². The van der Waals surface area contributed by atoms with Crippen LogP contribution in [0, 0.1) is 0 Å². The predicted octanol–water partition coefficient (Wildman–Crippen LogP) is 5.38. The van der Waals surface area contributed by atoms with E-state index in [2.05, 4.69) is 21.2 Å². The molecule has 0 radical (unpaired) electrons. The summed E-state index contributed by atoms with van der Waals surface area (Å²) in [6.07, 6.45) is 0.361. The number of carbonyl (C=O) groups is 2. The summed E-state index contributed by atoms with van der Waals surface area (Å²) in [6, 6.07) is 21.2. The van der Waals surface area contributed by atoms with Crippen LogP contribution in [0.4, 0.5) is 5.69 Å². The molecule has 1 atom stereocenters. The quantitative estimate of drug-likeness (QED) is 0.274. The first-order valence-electron chi connectivity index (χ1n) is 13.2. The Morgan fingerprint density at radius 2 is 1.55 bits per heavy atom. The number of ether oxygens (including phenoxy) is 1. The van der Waals surface area contributed by atoms with Gasteiger partial charge in [0.15, 0.2) is 0 Å². The molecule has 1 N–H and O–H groups in total. The lowest BCUT2D eigenvalue weighted by Crippen LogP contribution is -2.53. The van der Waals surface area contributed by atoms with Gasteiger partial charge in [-0.05, 0) is 81.3 Å². The highest BCUT2D eigenvalue weighted by Crippen LogP contribution is 2.27. The predicted molar refractivity (Wildman–Crippen MR) is 161 cm³/mol. The number of nitrogens with zero attached hydrogens (tertiary/aromatic N) is 2. The Balaban J connectivity index is 2.05. The van der Waals surface area contributed by atoms with Gasteiger partial charge in [0.1, 0.15) is 18.3 Å². The van der Waals surface area contributed by atoms with Crippen LogP contribution in [-0.4, -0.2) is 50.4 Å². The SMILES string of the molecule is CCOc1ccc(N(CC(=O)N(Cc2ccccc2)[C@@H](CC)C(=O)NC(C)C)S(=O)(=O)c2ccc(Br)cc2)cc1. The molecule has 8 nitrogen and oxygen atoms in total. The molecule has 0 aliphatic rings. The third-order valence-electron chi connectivity index (χ3n) is 6.13. The van der Waals surface area contributed by atoms with Crippen LogP contribution in [0.2, 0.25) is 0 Å². The van der Waals surface area contributed by atoms with Gasteiger partial charge in [-0.1, -0.05) is 53.2 Å². The van der Waals surface area contributed by atoms with Crippen LogP contribution < -0.4 is 14.4 Å². The lowest BCUT2D eigenvalue weighted by molar-refractivity contribution is -0.140. The molecule has 10 heteroatoms. The summed E-state index contributed by atoms with van der Waals surface area (Å²) in [7, 11) is -4.15.